The summed E-state index contributed by atoms with van der Waals surface area (Å²) in [5, 5.41) is 6.82. The lowest BCUT2D eigenvalue weighted by molar-refractivity contribution is -0.160. The number of esters is 1. The molecule has 3 rings (SSSR count). The summed E-state index contributed by atoms with van der Waals surface area (Å²) in [5.74, 6) is 0.790. The highest BCUT2D eigenvalue weighted by molar-refractivity contribution is 5.98. The molecule has 132 valence electrons. The van der Waals surface area contributed by atoms with Gasteiger partial charge in [0, 0.05) is 18.5 Å². The van der Waals surface area contributed by atoms with Crippen molar-refractivity contribution in [1.82, 2.24) is 10.1 Å². The molecule has 1 heterocycles. The van der Waals surface area contributed by atoms with Gasteiger partial charge in [-0.25, -0.2) is 0 Å². The first-order valence-electron chi connectivity index (χ1n) is 8.26. The van der Waals surface area contributed by atoms with Gasteiger partial charge < -0.3 is 14.6 Å². The second-order valence-electron chi connectivity index (χ2n) is 6.71. The molecule has 1 saturated carbocycles. The van der Waals surface area contributed by atoms with Crippen LogP contribution in [0, 0.1) is 0 Å². The van der Waals surface area contributed by atoms with E-state index in [4.69, 9.17) is 9.26 Å². The summed E-state index contributed by atoms with van der Waals surface area (Å²) in [5.41, 5.74) is 0.210. The second-order valence-corrected chi connectivity index (χ2v) is 6.71. The van der Waals surface area contributed by atoms with E-state index < -0.39 is 17.5 Å². The Kier molecular flexibility index (Phi) is 4.57. The van der Waals surface area contributed by atoms with E-state index in [2.05, 4.69) is 15.5 Å². The predicted molar refractivity (Wildman–Crippen MR) is 90.0 cm³/mol. The largest absolute Gasteiger partial charge is 0.450 e. The van der Waals surface area contributed by atoms with Crippen molar-refractivity contribution in [1.29, 1.82) is 0 Å². The Labute approximate surface area is 145 Å². The first-order valence-corrected chi connectivity index (χ1v) is 8.26. The van der Waals surface area contributed by atoms with Crippen molar-refractivity contribution < 1.29 is 18.8 Å². The molecule has 7 heteroatoms. The smallest absolute Gasteiger partial charge is 0.303 e. The molecule has 1 aromatic heterocycles. The molecule has 1 aliphatic carbocycles. The highest BCUT2D eigenvalue weighted by Gasteiger charge is 2.32. The van der Waals surface area contributed by atoms with E-state index in [1.807, 2.05) is 18.2 Å². The zero-order valence-corrected chi connectivity index (χ0v) is 14.5. The summed E-state index contributed by atoms with van der Waals surface area (Å²) in [6.45, 7) is 4.37. The minimum atomic E-state index is -1.26. The lowest BCUT2D eigenvalue weighted by Gasteiger charge is -2.23. The number of benzene rings is 1. The molecule has 1 aromatic carbocycles. The van der Waals surface area contributed by atoms with Crippen molar-refractivity contribution in [2.24, 2.45) is 0 Å². The minimum absolute atomic E-state index is 0.403. The molecule has 1 aliphatic rings. The van der Waals surface area contributed by atoms with E-state index in [1.54, 1.807) is 19.9 Å². The molecule has 0 atom stereocenters. The average molecular weight is 343 g/mol. The van der Waals surface area contributed by atoms with Crippen LogP contribution in [0.25, 0.3) is 0 Å². The van der Waals surface area contributed by atoms with E-state index in [0.29, 0.717) is 23.9 Å². The van der Waals surface area contributed by atoms with Crippen molar-refractivity contribution in [2.75, 3.05) is 5.32 Å². The van der Waals surface area contributed by atoms with E-state index in [0.717, 1.165) is 24.2 Å². The Morgan fingerprint density at radius 1 is 1.32 bits per heavy atom. The molecule has 0 aliphatic heterocycles. The number of nitrogens with one attached hydrogen (secondary N) is 1. The standard InChI is InChI=1S/C18H21N3O4/c1-11(22)24-18(2,3)17(23)19-14-7-5-4-6-13(14)10-15-20-16(21-25-15)12-8-9-12/h4-7,12H,8-10H2,1-3H3,(H,19,23). The van der Waals surface area contributed by atoms with Crippen LogP contribution < -0.4 is 5.32 Å². The van der Waals surface area contributed by atoms with Crippen LogP contribution in [0.1, 0.15) is 56.8 Å². The Balaban J connectivity index is 1.73. The Morgan fingerprint density at radius 3 is 2.72 bits per heavy atom. The zero-order chi connectivity index (χ0) is 18.0. The fraction of sp³-hybridized carbons (Fsp3) is 0.444. The fourth-order valence-electron chi connectivity index (χ4n) is 2.49. The number of aromatic nitrogens is 2. The van der Waals surface area contributed by atoms with Gasteiger partial charge in [0.15, 0.2) is 11.4 Å². The van der Waals surface area contributed by atoms with Crippen LogP contribution in [0.15, 0.2) is 28.8 Å². The van der Waals surface area contributed by atoms with Crippen molar-refractivity contribution in [3.63, 3.8) is 0 Å². The van der Waals surface area contributed by atoms with Crippen LogP contribution in [0.3, 0.4) is 0 Å². The molecule has 0 bridgehead atoms. The van der Waals surface area contributed by atoms with Crippen LogP contribution >= 0.6 is 0 Å². The fourth-order valence-corrected chi connectivity index (χ4v) is 2.49. The van der Waals surface area contributed by atoms with Crippen molar-refractivity contribution >= 4 is 17.6 Å². The average Bonchev–Trinajstić information content (AvgIpc) is 3.28. The molecular weight excluding hydrogens is 322 g/mol. The number of hydrogen-bond acceptors (Lipinski definition) is 6. The van der Waals surface area contributed by atoms with E-state index >= 15 is 0 Å². The lowest BCUT2D eigenvalue weighted by atomic mass is 10.1. The molecular formula is C18H21N3O4. The summed E-state index contributed by atoms with van der Waals surface area (Å²) < 4.78 is 10.4. The molecule has 1 fully saturated rings. The lowest BCUT2D eigenvalue weighted by Crippen LogP contribution is -2.41. The molecule has 0 unspecified atom stereocenters. The number of hydrogen-bond donors (Lipinski definition) is 1. The van der Waals surface area contributed by atoms with Crippen LogP contribution in [0.2, 0.25) is 0 Å². The summed E-state index contributed by atoms with van der Waals surface area (Å²) in [6, 6.07) is 7.37. The molecule has 2 aromatic rings. The number of amides is 1. The first kappa shape index (κ1) is 17.1. The second kappa shape index (κ2) is 6.66. The van der Waals surface area contributed by atoms with Gasteiger partial charge in [-0.3, -0.25) is 9.59 Å². The van der Waals surface area contributed by atoms with Gasteiger partial charge in [0.1, 0.15) is 0 Å². The van der Waals surface area contributed by atoms with Crippen LogP contribution in [0.4, 0.5) is 5.69 Å². The number of para-hydroxylation sites is 1. The zero-order valence-electron chi connectivity index (χ0n) is 14.5. The maximum atomic E-state index is 12.4. The molecule has 1 N–H and O–H groups in total. The van der Waals surface area contributed by atoms with Gasteiger partial charge in [0.25, 0.3) is 5.91 Å². The van der Waals surface area contributed by atoms with Gasteiger partial charge in [-0.05, 0) is 38.3 Å². The number of rotatable bonds is 6. The summed E-state index contributed by atoms with van der Waals surface area (Å²) >= 11 is 0. The van der Waals surface area contributed by atoms with Crippen molar-refractivity contribution in [3.8, 4) is 0 Å². The summed E-state index contributed by atoms with van der Waals surface area (Å²) in [6.07, 6.45) is 2.64. The molecule has 0 radical (unpaired) electrons. The Hall–Kier alpha value is -2.70. The number of nitrogens with zero attached hydrogens (tertiary/aromatic N) is 2. The van der Waals surface area contributed by atoms with Gasteiger partial charge in [0.05, 0.1) is 6.42 Å². The monoisotopic (exact) mass is 343 g/mol. The maximum absolute atomic E-state index is 12.4. The maximum Gasteiger partial charge on any atom is 0.303 e. The van der Waals surface area contributed by atoms with E-state index in [9.17, 15) is 9.59 Å². The van der Waals surface area contributed by atoms with Gasteiger partial charge in [0.2, 0.25) is 5.89 Å². The van der Waals surface area contributed by atoms with E-state index in [-0.39, 0.29) is 0 Å². The molecule has 1 amide bonds. The number of ether oxygens (including phenoxy) is 1. The Morgan fingerprint density at radius 2 is 2.04 bits per heavy atom. The highest BCUT2D eigenvalue weighted by atomic mass is 16.6. The topological polar surface area (TPSA) is 94.3 Å². The number of carbonyl (C=O) groups excluding carboxylic acids is 2. The third kappa shape index (κ3) is 4.23. The molecule has 7 nitrogen and oxygen atoms in total. The number of carbonyl (C=O) groups is 2. The first-order chi connectivity index (χ1) is 11.8. The van der Waals surface area contributed by atoms with Crippen LogP contribution in [0.5, 0.6) is 0 Å². The van der Waals surface area contributed by atoms with E-state index in [1.165, 1.54) is 6.92 Å². The molecule has 0 spiro atoms. The third-order valence-electron chi connectivity index (χ3n) is 3.98. The normalized spacial score (nSPS) is 14.2. The quantitative estimate of drug-likeness (QED) is 0.811. The van der Waals surface area contributed by atoms with Gasteiger partial charge in [-0.1, -0.05) is 23.4 Å². The van der Waals surface area contributed by atoms with Gasteiger partial charge >= 0.3 is 5.97 Å². The summed E-state index contributed by atoms with van der Waals surface area (Å²) in [4.78, 5) is 28.0. The molecule has 25 heavy (non-hydrogen) atoms. The predicted octanol–water partition coefficient (Wildman–Crippen LogP) is 2.82. The summed E-state index contributed by atoms with van der Waals surface area (Å²) in [7, 11) is 0. The number of anilines is 1. The highest BCUT2D eigenvalue weighted by Crippen LogP contribution is 2.38. The van der Waals surface area contributed by atoms with Gasteiger partial charge in [-0.15, -0.1) is 0 Å². The van der Waals surface area contributed by atoms with Crippen LogP contribution in [-0.2, 0) is 20.7 Å². The van der Waals surface area contributed by atoms with Gasteiger partial charge in [-0.2, -0.15) is 4.98 Å². The Bertz CT molecular complexity index is 793. The third-order valence-corrected chi connectivity index (χ3v) is 3.98. The van der Waals surface area contributed by atoms with Crippen molar-refractivity contribution in [3.05, 3.63) is 41.5 Å². The van der Waals surface area contributed by atoms with Crippen LogP contribution in [-0.4, -0.2) is 27.6 Å². The SMILES string of the molecule is CC(=O)OC(C)(C)C(=O)Nc1ccccc1Cc1nc(C2CC2)no1. The van der Waals surface area contributed by atoms with Crippen molar-refractivity contribution in [2.45, 2.75) is 51.6 Å². The minimum Gasteiger partial charge on any atom is -0.450 e. The molecule has 0 saturated heterocycles.